The molecule has 3 heterocycles. The molecule has 2 saturated heterocycles. The van der Waals surface area contributed by atoms with Crippen LogP contribution in [0.3, 0.4) is 0 Å². The third kappa shape index (κ3) is 5.21. The van der Waals surface area contributed by atoms with Gasteiger partial charge in [0.2, 0.25) is 0 Å². The monoisotopic (exact) mass is 335 g/mol. The zero-order valence-corrected chi connectivity index (χ0v) is 14.8. The Balaban J connectivity index is 1.41. The number of amides is 2. The molecule has 2 fully saturated rings. The Hall–Kier alpha value is -1.07. The van der Waals surface area contributed by atoms with Crippen LogP contribution in [0.2, 0.25) is 0 Å². The third-order valence-corrected chi connectivity index (χ3v) is 5.86. The molecule has 1 atom stereocenters. The van der Waals surface area contributed by atoms with Gasteiger partial charge in [0, 0.05) is 37.6 Å². The van der Waals surface area contributed by atoms with Crippen LogP contribution in [0.4, 0.5) is 4.79 Å². The van der Waals surface area contributed by atoms with Crippen molar-refractivity contribution < 1.29 is 4.79 Å². The van der Waals surface area contributed by atoms with Gasteiger partial charge in [0.15, 0.2) is 0 Å². The molecule has 2 aliphatic heterocycles. The molecule has 0 bridgehead atoms. The Labute approximate surface area is 143 Å². The molecule has 0 saturated carbocycles. The Morgan fingerprint density at radius 3 is 2.74 bits per heavy atom. The predicted octanol–water partition coefficient (Wildman–Crippen LogP) is 3.55. The molecule has 0 spiro atoms. The van der Waals surface area contributed by atoms with E-state index in [2.05, 4.69) is 27.7 Å². The molecule has 1 N–H and O–H groups in total. The van der Waals surface area contributed by atoms with Gasteiger partial charge in [-0.05, 0) is 49.6 Å². The molecular formula is C18H29N3OS. The molecule has 128 valence electrons. The van der Waals surface area contributed by atoms with Gasteiger partial charge in [-0.2, -0.15) is 0 Å². The first kappa shape index (κ1) is 16.8. The van der Waals surface area contributed by atoms with Crippen molar-refractivity contribution in [3.63, 3.8) is 0 Å². The second-order valence-corrected chi connectivity index (χ2v) is 7.94. The number of likely N-dealkylation sites (tertiary alicyclic amines) is 2. The largest absolute Gasteiger partial charge is 0.338 e. The number of carbonyl (C=O) groups excluding carboxylic acids is 1. The molecule has 1 unspecified atom stereocenters. The lowest BCUT2D eigenvalue weighted by Crippen LogP contribution is -2.45. The third-order valence-electron chi connectivity index (χ3n) is 5.00. The van der Waals surface area contributed by atoms with E-state index < -0.39 is 0 Å². The zero-order valence-electron chi connectivity index (χ0n) is 14.0. The van der Waals surface area contributed by atoms with Crippen molar-refractivity contribution >= 4 is 17.4 Å². The van der Waals surface area contributed by atoms with Crippen LogP contribution in [-0.4, -0.2) is 48.6 Å². The minimum Gasteiger partial charge on any atom is -0.338 e. The van der Waals surface area contributed by atoms with Crippen LogP contribution in [0.15, 0.2) is 17.5 Å². The Bertz CT molecular complexity index is 469. The standard InChI is InChI=1S/C18H29N3OS/c22-18(21-10-3-1-2-4-11-21)19-13-16-7-5-9-20(14-16)15-17-8-6-12-23-17/h6,8,12,16H,1-5,7,9-11,13-15H2,(H,19,22). The van der Waals surface area contributed by atoms with E-state index in [0.29, 0.717) is 5.92 Å². The summed E-state index contributed by atoms with van der Waals surface area (Å²) in [6.45, 7) is 6.05. The maximum Gasteiger partial charge on any atom is 0.317 e. The SMILES string of the molecule is O=C(NCC1CCCN(Cc2cccs2)C1)N1CCCCCC1. The lowest BCUT2D eigenvalue weighted by atomic mass is 9.98. The van der Waals surface area contributed by atoms with E-state index in [1.165, 1.54) is 37.1 Å². The highest BCUT2D eigenvalue weighted by atomic mass is 32.1. The molecule has 2 amide bonds. The summed E-state index contributed by atoms with van der Waals surface area (Å²) in [4.78, 5) is 18.3. The molecule has 0 aliphatic carbocycles. The number of carbonyl (C=O) groups is 1. The summed E-state index contributed by atoms with van der Waals surface area (Å²) in [5.74, 6) is 0.597. The highest BCUT2D eigenvalue weighted by molar-refractivity contribution is 7.09. The van der Waals surface area contributed by atoms with E-state index in [1.807, 2.05) is 16.2 Å². The normalized spacial score (nSPS) is 23.5. The van der Waals surface area contributed by atoms with E-state index in [4.69, 9.17) is 0 Å². The van der Waals surface area contributed by atoms with Crippen LogP contribution >= 0.6 is 11.3 Å². The van der Waals surface area contributed by atoms with Crippen molar-refractivity contribution in [1.82, 2.24) is 15.1 Å². The van der Waals surface area contributed by atoms with Gasteiger partial charge in [-0.25, -0.2) is 4.79 Å². The average Bonchev–Trinajstić information content (AvgIpc) is 2.92. The lowest BCUT2D eigenvalue weighted by Gasteiger charge is -2.33. The van der Waals surface area contributed by atoms with Crippen molar-refractivity contribution in [3.05, 3.63) is 22.4 Å². The van der Waals surface area contributed by atoms with E-state index in [-0.39, 0.29) is 6.03 Å². The van der Waals surface area contributed by atoms with Crippen molar-refractivity contribution in [2.45, 2.75) is 45.1 Å². The van der Waals surface area contributed by atoms with Gasteiger partial charge in [0.25, 0.3) is 0 Å². The summed E-state index contributed by atoms with van der Waals surface area (Å²) < 4.78 is 0. The van der Waals surface area contributed by atoms with Crippen molar-refractivity contribution in [2.75, 3.05) is 32.7 Å². The number of urea groups is 1. The van der Waals surface area contributed by atoms with Gasteiger partial charge in [-0.15, -0.1) is 11.3 Å². The first-order valence-electron chi connectivity index (χ1n) is 9.09. The summed E-state index contributed by atoms with van der Waals surface area (Å²) in [7, 11) is 0. The minimum atomic E-state index is 0.155. The molecule has 4 nitrogen and oxygen atoms in total. The quantitative estimate of drug-likeness (QED) is 0.913. The number of rotatable bonds is 4. The van der Waals surface area contributed by atoms with E-state index in [9.17, 15) is 4.79 Å². The Morgan fingerprint density at radius 2 is 2.00 bits per heavy atom. The summed E-state index contributed by atoms with van der Waals surface area (Å²) in [5, 5.41) is 5.34. The van der Waals surface area contributed by atoms with E-state index >= 15 is 0 Å². The van der Waals surface area contributed by atoms with Crippen molar-refractivity contribution in [2.24, 2.45) is 5.92 Å². The molecule has 23 heavy (non-hydrogen) atoms. The smallest absolute Gasteiger partial charge is 0.317 e. The highest BCUT2D eigenvalue weighted by Gasteiger charge is 2.22. The zero-order chi connectivity index (χ0) is 15.9. The minimum absolute atomic E-state index is 0.155. The van der Waals surface area contributed by atoms with Gasteiger partial charge >= 0.3 is 6.03 Å². The fourth-order valence-corrected chi connectivity index (χ4v) is 4.45. The molecule has 3 rings (SSSR count). The van der Waals surface area contributed by atoms with Crippen LogP contribution < -0.4 is 5.32 Å². The molecule has 1 aromatic rings. The van der Waals surface area contributed by atoms with E-state index in [1.54, 1.807) is 0 Å². The summed E-state index contributed by atoms with van der Waals surface area (Å²) in [6.07, 6.45) is 7.34. The molecule has 1 aromatic heterocycles. The summed E-state index contributed by atoms with van der Waals surface area (Å²) in [5.41, 5.74) is 0. The first-order valence-corrected chi connectivity index (χ1v) is 9.97. The Morgan fingerprint density at radius 1 is 1.17 bits per heavy atom. The summed E-state index contributed by atoms with van der Waals surface area (Å²) >= 11 is 1.84. The van der Waals surface area contributed by atoms with Crippen LogP contribution in [0, 0.1) is 5.92 Å². The number of nitrogens with one attached hydrogen (secondary N) is 1. The molecule has 2 aliphatic rings. The van der Waals surface area contributed by atoms with Crippen LogP contribution in [0.5, 0.6) is 0 Å². The number of hydrogen-bond acceptors (Lipinski definition) is 3. The summed E-state index contributed by atoms with van der Waals surface area (Å²) in [6, 6.07) is 4.50. The van der Waals surface area contributed by atoms with Gasteiger partial charge in [-0.1, -0.05) is 18.9 Å². The average molecular weight is 336 g/mol. The van der Waals surface area contributed by atoms with Crippen molar-refractivity contribution in [1.29, 1.82) is 0 Å². The molecule has 0 radical (unpaired) electrons. The van der Waals surface area contributed by atoms with Gasteiger partial charge < -0.3 is 10.2 Å². The number of nitrogens with zero attached hydrogens (tertiary/aromatic N) is 2. The number of hydrogen-bond donors (Lipinski definition) is 1. The number of thiophene rings is 1. The van der Waals surface area contributed by atoms with Gasteiger partial charge in [0.1, 0.15) is 0 Å². The first-order chi connectivity index (χ1) is 11.3. The maximum absolute atomic E-state index is 12.3. The van der Waals surface area contributed by atoms with Gasteiger partial charge in [0.05, 0.1) is 0 Å². The maximum atomic E-state index is 12.3. The van der Waals surface area contributed by atoms with Crippen LogP contribution in [-0.2, 0) is 6.54 Å². The van der Waals surface area contributed by atoms with Gasteiger partial charge in [-0.3, -0.25) is 4.90 Å². The Kier molecular flexibility index (Phi) is 6.34. The lowest BCUT2D eigenvalue weighted by molar-refractivity contribution is 0.161. The fraction of sp³-hybridized carbons (Fsp3) is 0.722. The highest BCUT2D eigenvalue weighted by Crippen LogP contribution is 2.20. The second kappa shape index (κ2) is 8.69. The predicted molar refractivity (Wildman–Crippen MR) is 95.8 cm³/mol. The fourth-order valence-electron chi connectivity index (χ4n) is 3.70. The van der Waals surface area contributed by atoms with E-state index in [0.717, 1.165) is 45.6 Å². The molecule has 5 heteroatoms. The topological polar surface area (TPSA) is 35.6 Å². The van der Waals surface area contributed by atoms with Crippen LogP contribution in [0.1, 0.15) is 43.4 Å². The van der Waals surface area contributed by atoms with Crippen LogP contribution in [0.25, 0.3) is 0 Å². The number of piperidine rings is 1. The second-order valence-electron chi connectivity index (χ2n) is 6.91. The molecular weight excluding hydrogens is 306 g/mol. The van der Waals surface area contributed by atoms with Crippen molar-refractivity contribution in [3.8, 4) is 0 Å². The molecule has 0 aromatic carbocycles.